The number of benzene rings is 2. The summed E-state index contributed by atoms with van der Waals surface area (Å²) in [6, 6.07) is 9.84. The standard InChI is InChI=1S/C30H32N2O8/c1-32(2)24-19-13-16-12-18-15(7-4-14-5-9-17(40-3)10-6-14)8-11-20(33)22(18)25(34)21(16)27(36)30(19,39)28(37)23(26(24)35)29(31)38/h5-6,8-11,16,19,24,33,35-36,39H,4,7,12-13H2,1-3H3,(H2,31,38)/t16-,19-,24-,30-/m0/s1. The first-order chi connectivity index (χ1) is 18.9. The minimum absolute atomic E-state index is 0.0213. The Morgan fingerprint density at radius 3 is 2.35 bits per heavy atom. The number of phenolic OH excluding ortho intramolecular Hbond substituents is 1. The molecule has 0 bridgehead atoms. The highest BCUT2D eigenvalue weighted by Crippen LogP contribution is 2.52. The van der Waals surface area contributed by atoms with E-state index in [1.54, 1.807) is 27.3 Å². The van der Waals surface area contributed by atoms with E-state index in [-0.39, 0.29) is 29.7 Å². The lowest BCUT2D eigenvalue weighted by Crippen LogP contribution is -2.63. The zero-order chi connectivity index (χ0) is 29.1. The number of methoxy groups -OCH3 is 1. The Labute approximate surface area is 231 Å². The van der Waals surface area contributed by atoms with Gasteiger partial charge in [-0.05, 0) is 80.6 Å². The number of nitrogens with zero attached hydrogens (tertiary/aromatic N) is 1. The Morgan fingerprint density at radius 1 is 1.07 bits per heavy atom. The summed E-state index contributed by atoms with van der Waals surface area (Å²) in [6.07, 6.45) is 1.57. The molecule has 1 amide bonds. The average molecular weight is 549 g/mol. The number of aliphatic hydroxyl groups is 3. The van der Waals surface area contributed by atoms with Crippen molar-refractivity contribution in [1.82, 2.24) is 4.90 Å². The lowest BCUT2D eigenvalue weighted by Gasteiger charge is -2.50. The summed E-state index contributed by atoms with van der Waals surface area (Å²) >= 11 is 0. The van der Waals surface area contributed by atoms with Crippen LogP contribution in [0.1, 0.15) is 33.5 Å². The van der Waals surface area contributed by atoms with Crippen molar-refractivity contribution in [3.8, 4) is 11.5 Å². The highest BCUT2D eigenvalue weighted by molar-refractivity contribution is 6.24. The van der Waals surface area contributed by atoms with E-state index in [0.717, 1.165) is 16.9 Å². The molecule has 6 N–H and O–H groups in total. The number of ketones is 2. The molecule has 5 rings (SSSR count). The lowest BCUT2D eigenvalue weighted by atomic mass is 9.58. The Balaban J connectivity index is 1.58. The number of allylic oxidation sites excluding steroid dienone is 1. The third-order valence-electron chi connectivity index (χ3n) is 8.55. The minimum Gasteiger partial charge on any atom is -0.510 e. The molecule has 0 unspecified atom stereocenters. The molecule has 0 fully saturated rings. The van der Waals surface area contributed by atoms with Gasteiger partial charge in [0.15, 0.2) is 11.4 Å². The summed E-state index contributed by atoms with van der Waals surface area (Å²) < 4.78 is 5.21. The third kappa shape index (κ3) is 3.98. The van der Waals surface area contributed by atoms with E-state index in [1.165, 1.54) is 11.0 Å². The fourth-order valence-electron chi connectivity index (χ4n) is 6.62. The molecule has 40 heavy (non-hydrogen) atoms. The Hall–Kier alpha value is -4.15. The number of hydrogen-bond acceptors (Lipinski definition) is 9. The number of Topliss-reactive ketones (excluding diaryl/α,β-unsaturated/α-hetero) is 2. The molecule has 0 heterocycles. The van der Waals surface area contributed by atoms with Gasteiger partial charge in [0.05, 0.1) is 18.7 Å². The first-order valence-corrected chi connectivity index (χ1v) is 13.0. The summed E-state index contributed by atoms with van der Waals surface area (Å²) in [4.78, 5) is 40.8. The number of fused-ring (bicyclic) bond motifs is 3. The van der Waals surface area contributed by atoms with Gasteiger partial charge in [0.2, 0.25) is 5.78 Å². The van der Waals surface area contributed by atoms with Crippen LogP contribution in [0.2, 0.25) is 0 Å². The predicted molar refractivity (Wildman–Crippen MR) is 144 cm³/mol. The van der Waals surface area contributed by atoms with Gasteiger partial charge in [-0.2, -0.15) is 0 Å². The van der Waals surface area contributed by atoms with E-state index in [4.69, 9.17) is 10.5 Å². The van der Waals surface area contributed by atoms with Crippen LogP contribution in [-0.2, 0) is 28.9 Å². The number of ether oxygens (including phenoxy) is 1. The minimum atomic E-state index is -2.65. The quantitative estimate of drug-likeness (QED) is 0.338. The van der Waals surface area contributed by atoms with Crippen molar-refractivity contribution in [2.24, 2.45) is 17.6 Å². The van der Waals surface area contributed by atoms with Gasteiger partial charge in [0.25, 0.3) is 5.91 Å². The van der Waals surface area contributed by atoms with Crippen molar-refractivity contribution in [3.63, 3.8) is 0 Å². The second-order valence-corrected chi connectivity index (χ2v) is 10.9. The molecule has 210 valence electrons. The van der Waals surface area contributed by atoms with Crippen LogP contribution in [0.5, 0.6) is 11.5 Å². The number of amides is 1. The van der Waals surface area contributed by atoms with E-state index in [9.17, 15) is 34.8 Å². The lowest BCUT2D eigenvalue weighted by molar-refractivity contribution is -0.148. The number of primary amides is 1. The SMILES string of the molecule is COc1ccc(CCc2ccc(O)c3c2C[C@H]2C[C@H]4[C@H](N(C)C)C(O)=C(C(N)=O)C(=O)[C@@]4(O)C(O)=C2C3=O)cc1. The molecule has 0 spiro atoms. The van der Waals surface area contributed by atoms with Crippen LogP contribution in [0.15, 0.2) is 59.1 Å². The Bertz CT molecular complexity index is 1490. The van der Waals surface area contributed by atoms with Crippen molar-refractivity contribution in [2.45, 2.75) is 37.3 Å². The molecule has 2 aromatic carbocycles. The summed E-state index contributed by atoms with van der Waals surface area (Å²) in [5.41, 5.74) is 4.33. The van der Waals surface area contributed by atoms with Crippen LogP contribution in [-0.4, -0.2) is 75.6 Å². The number of aromatic hydroxyl groups is 1. The normalized spacial score (nSPS) is 26.0. The molecule has 2 aromatic rings. The number of likely N-dealkylation sites (N-methyl/N-ethyl adjacent to an activating group) is 1. The van der Waals surface area contributed by atoms with E-state index >= 15 is 0 Å². The van der Waals surface area contributed by atoms with Crippen molar-refractivity contribution in [3.05, 3.63) is 81.3 Å². The summed E-state index contributed by atoms with van der Waals surface area (Å²) in [5.74, 6) is -5.82. The predicted octanol–water partition coefficient (Wildman–Crippen LogP) is 1.91. The van der Waals surface area contributed by atoms with E-state index in [1.807, 2.05) is 24.3 Å². The first kappa shape index (κ1) is 27.4. The van der Waals surface area contributed by atoms with Gasteiger partial charge < -0.3 is 30.9 Å². The van der Waals surface area contributed by atoms with Crippen LogP contribution in [0, 0.1) is 11.8 Å². The van der Waals surface area contributed by atoms with Crippen molar-refractivity contribution >= 4 is 17.5 Å². The Morgan fingerprint density at radius 2 is 1.75 bits per heavy atom. The topological polar surface area (TPSA) is 171 Å². The maximum Gasteiger partial charge on any atom is 0.255 e. The second kappa shape index (κ2) is 9.79. The number of phenols is 1. The van der Waals surface area contributed by atoms with Crippen LogP contribution < -0.4 is 10.5 Å². The fourth-order valence-corrected chi connectivity index (χ4v) is 6.62. The van der Waals surface area contributed by atoms with Gasteiger partial charge in [-0.3, -0.25) is 19.3 Å². The van der Waals surface area contributed by atoms with Crippen LogP contribution in [0.3, 0.4) is 0 Å². The van der Waals surface area contributed by atoms with Crippen molar-refractivity contribution in [2.75, 3.05) is 21.2 Å². The maximum atomic E-state index is 13.8. The van der Waals surface area contributed by atoms with Gasteiger partial charge in [-0.15, -0.1) is 0 Å². The smallest absolute Gasteiger partial charge is 0.255 e. The molecular weight excluding hydrogens is 516 g/mol. The van der Waals surface area contributed by atoms with Gasteiger partial charge in [-0.25, -0.2) is 0 Å². The largest absolute Gasteiger partial charge is 0.510 e. The summed E-state index contributed by atoms with van der Waals surface area (Å²) in [6.45, 7) is 0. The maximum absolute atomic E-state index is 13.8. The van der Waals surface area contributed by atoms with Gasteiger partial charge >= 0.3 is 0 Å². The molecular formula is C30H32N2O8. The van der Waals surface area contributed by atoms with E-state index in [2.05, 4.69) is 0 Å². The Kier molecular flexibility index (Phi) is 6.71. The highest BCUT2D eigenvalue weighted by Gasteiger charge is 2.63. The van der Waals surface area contributed by atoms with Crippen LogP contribution in [0.4, 0.5) is 0 Å². The monoisotopic (exact) mass is 548 g/mol. The number of rotatable bonds is 6. The third-order valence-corrected chi connectivity index (χ3v) is 8.55. The first-order valence-electron chi connectivity index (χ1n) is 13.0. The average Bonchev–Trinajstić information content (AvgIpc) is 2.90. The molecule has 10 nitrogen and oxygen atoms in total. The van der Waals surface area contributed by atoms with Crippen molar-refractivity contribution in [1.29, 1.82) is 0 Å². The number of nitrogens with two attached hydrogens (primary N) is 1. The number of carbonyl (C=O) groups excluding carboxylic acids is 3. The zero-order valence-corrected chi connectivity index (χ0v) is 22.5. The van der Waals surface area contributed by atoms with Crippen LogP contribution in [0.25, 0.3) is 0 Å². The molecule has 3 aliphatic rings. The van der Waals surface area contributed by atoms with Gasteiger partial charge in [0, 0.05) is 11.5 Å². The number of aryl methyl sites for hydroxylation is 2. The van der Waals surface area contributed by atoms with Gasteiger partial charge in [-0.1, -0.05) is 18.2 Å². The number of hydrogen-bond donors (Lipinski definition) is 5. The van der Waals surface area contributed by atoms with Crippen molar-refractivity contribution < 1.29 is 39.5 Å². The van der Waals surface area contributed by atoms with E-state index in [0.29, 0.717) is 18.4 Å². The molecule has 10 heteroatoms. The molecule has 0 aliphatic heterocycles. The van der Waals surface area contributed by atoms with Crippen LogP contribution >= 0.6 is 0 Å². The fraction of sp³-hybridized carbons (Fsp3) is 0.367. The molecule has 4 atom stereocenters. The summed E-state index contributed by atoms with van der Waals surface area (Å²) in [5, 5.41) is 44.7. The molecule has 3 aliphatic carbocycles. The molecule has 0 aromatic heterocycles. The zero-order valence-electron chi connectivity index (χ0n) is 22.5. The number of aliphatic hydroxyl groups excluding tert-OH is 2. The molecule has 0 saturated carbocycles. The number of carbonyl (C=O) groups is 3. The highest BCUT2D eigenvalue weighted by atomic mass is 16.5. The van der Waals surface area contributed by atoms with E-state index < -0.39 is 58.0 Å². The van der Waals surface area contributed by atoms with Gasteiger partial charge in [0.1, 0.15) is 28.6 Å². The summed E-state index contributed by atoms with van der Waals surface area (Å²) in [7, 11) is 4.80. The molecule has 0 saturated heterocycles. The molecule has 0 radical (unpaired) electrons. The second-order valence-electron chi connectivity index (χ2n) is 10.9.